The number of aromatic nitrogens is 2. The van der Waals surface area contributed by atoms with E-state index in [0.29, 0.717) is 5.56 Å². The van der Waals surface area contributed by atoms with Gasteiger partial charge in [0, 0.05) is 12.6 Å². The summed E-state index contributed by atoms with van der Waals surface area (Å²) < 4.78 is 0. The second-order valence-electron chi connectivity index (χ2n) is 7.18. The van der Waals surface area contributed by atoms with Gasteiger partial charge in [0.25, 0.3) is 5.91 Å². The maximum atomic E-state index is 11.6. The number of primary amides is 1. The average Bonchev–Trinajstić information content (AvgIpc) is 2.98. The normalized spacial score (nSPS) is 31.2. The van der Waals surface area contributed by atoms with E-state index in [1.165, 1.54) is 38.6 Å². The standard InChI is InChI=1S/C17H20N4O/c18-15(22)12-2-1-3-13-14(12)20-16(19-13)17-7-6-10(8-17)9-21(17)11-4-5-11/h1-3,10-11H,4-9H2,(H2,18,22)(H,19,20). The summed E-state index contributed by atoms with van der Waals surface area (Å²) in [6.45, 7) is 1.21. The van der Waals surface area contributed by atoms with Gasteiger partial charge in [0.15, 0.2) is 0 Å². The molecule has 1 saturated heterocycles. The molecule has 2 bridgehead atoms. The third-order valence-corrected chi connectivity index (χ3v) is 5.80. The maximum Gasteiger partial charge on any atom is 0.250 e. The predicted molar refractivity (Wildman–Crippen MR) is 83.4 cm³/mol. The van der Waals surface area contributed by atoms with Gasteiger partial charge in [-0.25, -0.2) is 4.98 Å². The van der Waals surface area contributed by atoms with E-state index >= 15 is 0 Å². The number of rotatable bonds is 3. The molecule has 5 rings (SSSR count). The summed E-state index contributed by atoms with van der Waals surface area (Å²) >= 11 is 0. The van der Waals surface area contributed by atoms with Crippen molar-refractivity contribution in [3.63, 3.8) is 0 Å². The number of hydrogen-bond acceptors (Lipinski definition) is 3. The third-order valence-electron chi connectivity index (χ3n) is 5.80. The zero-order chi connectivity index (χ0) is 14.9. The van der Waals surface area contributed by atoms with E-state index in [4.69, 9.17) is 10.7 Å². The Morgan fingerprint density at radius 2 is 2.23 bits per heavy atom. The average molecular weight is 296 g/mol. The highest BCUT2D eigenvalue weighted by atomic mass is 16.1. The second kappa shape index (κ2) is 4.10. The summed E-state index contributed by atoms with van der Waals surface area (Å²) in [5.41, 5.74) is 7.73. The van der Waals surface area contributed by atoms with E-state index in [1.807, 2.05) is 12.1 Å². The number of benzene rings is 1. The van der Waals surface area contributed by atoms with Crippen LogP contribution in [0.15, 0.2) is 18.2 Å². The molecule has 5 nitrogen and oxygen atoms in total. The van der Waals surface area contributed by atoms with Gasteiger partial charge in [-0.15, -0.1) is 0 Å². The summed E-state index contributed by atoms with van der Waals surface area (Å²) in [4.78, 5) is 22.7. The number of imidazole rings is 1. The molecule has 0 radical (unpaired) electrons. The Bertz CT molecular complexity index is 778. The number of carbonyl (C=O) groups excluding carboxylic acids is 1. The third kappa shape index (κ3) is 1.57. The lowest BCUT2D eigenvalue weighted by Crippen LogP contribution is -2.44. The van der Waals surface area contributed by atoms with Crippen LogP contribution in [-0.4, -0.2) is 33.4 Å². The Labute approximate surface area is 128 Å². The molecule has 5 heteroatoms. The zero-order valence-electron chi connectivity index (χ0n) is 12.5. The van der Waals surface area contributed by atoms with E-state index in [2.05, 4.69) is 9.88 Å². The first-order valence-corrected chi connectivity index (χ1v) is 8.23. The van der Waals surface area contributed by atoms with E-state index < -0.39 is 5.91 Å². The van der Waals surface area contributed by atoms with Crippen molar-refractivity contribution in [2.24, 2.45) is 11.7 Å². The van der Waals surface area contributed by atoms with Gasteiger partial charge < -0.3 is 10.7 Å². The monoisotopic (exact) mass is 296 g/mol. The number of likely N-dealkylation sites (tertiary alicyclic amines) is 1. The van der Waals surface area contributed by atoms with Gasteiger partial charge in [-0.1, -0.05) is 6.07 Å². The SMILES string of the molecule is NC(=O)c1cccc2[nH]c(C34CCC(CN3C3CC3)C4)nc12. The molecule has 3 N–H and O–H groups in total. The minimum absolute atomic E-state index is 0.0692. The van der Waals surface area contributed by atoms with E-state index in [1.54, 1.807) is 6.07 Å². The minimum Gasteiger partial charge on any atom is -0.366 e. The second-order valence-corrected chi connectivity index (χ2v) is 7.18. The first-order valence-electron chi connectivity index (χ1n) is 8.23. The van der Waals surface area contributed by atoms with Crippen molar-refractivity contribution in [3.05, 3.63) is 29.6 Å². The molecule has 1 aromatic carbocycles. The lowest BCUT2D eigenvalue weighted by Gasteiger charge is -2.37. The van der Waals surface area contributed by atoms with Crippen molar-refractivity contribution in [3.8, 4) is 0 Å². The molecular formula is C17H20N4O. The fraction of sp³-hybridized carbons (Fsp3) is 0.529. The van der Waals surface area contributed by atoms with Crippen LogP contribution in [0.1, 0.15) is 48.3 Å². The highest BCUT2D eigenvalue weighted by Crippen LogP contribution is 2.55. The maximum absolute atomic E-state index is 11.6. The van der Waals surface area contributed by atoms with Crippen LogP contribution in [-0.2, 0) is 5.54 Å². The number of amides is 1. The molecule has 3 fully saturated rings. The summed E-state index contributed by atoms with van der Waals surface area (Å²) in [5, 5.41) is 0. The number of para-hydroxylation sites is 1. The molecule has 1 aliphatic heterocycles. The number of nitrogens with one attached hydrogen (secondary N) is 1. The number of carbonyl (C=O) groups is 1. The van der Waals surface area contributed by atoms with Gasteiger partial charge in [0.2, 0.25) is 0 Å². The molecule has 1 amide bonds. The van der Waals surface area contributed by atoms with Gasteiger partial charge in [-0.2, -0.15) is 0 Å². The van der Waals surface area contributed by atoms with Gasteiger partial charge in [0.1, 0.15) is 11.3 Å². The van der Waals surface area contributed by atoms with Crippen LogP contribution in [0, 0.1) is 5.92 Å². The van der Waals surface area contributed by atoms with Gasteiger partial charge in [-0.3, -0.25) is 9.69 Å². The zero-order valence-corrected chi connectivity index (χ0v) is 12.5. The van der Waals surface area contributed by atoms with Gasteiger partial charge in [-0.05, 0) is 50.2 Å². The van der Waals surface area contributed by atoms with Gasteiger partial charge >= 0.3 is 0 Å². The highest BCUT2D eigenvalue weighted by molar-refractivity contribution is 6.04. The van der Waals surface area contributed by atoms with Crippen molar-refractivity contribution in [1.29, 1.82) is 0 Å². The molecule has 3 aliphatic rings. The van der Waals surface area contributed by atoms with Crippen LogP contribution in [0.25, 0.3) is 11.0 Å². The van der Waals surface area contributed by atoms with Crippen LogP contribution < -0.4 is 5.73 Å². The number of fused-ring (bicyclic) bond motifs is 3. The molecule has 2 unspecified atom stereocenters. The largest absolute Gasteiger partial charge is 0.366 e. The van der Waals surface area contributed by atoms with Crippen molar-refractivity contribution in [2.75, 3.05) is 6.54 Å². The van der Waals surface area contributed by atoms with Gasteiger partial charge in [0.05, 0.1) is 16.6 Å². The van der Waals surface area contributed by atoms with E-state index in [0.717, 1.165) is 28.8 Å². The van der Waals surface area contributed by atoms with Crippen LogP contribution in [0.4, 0.5) is 0 Å². The molecular weight excluding hydrogens is 276 g/mol. The molecule has 2 atom stereocenters. The van der Waals surface area contributed by atoms with Crippen LogP contribution in [0.5, 0.6) is 0 Å². The smallest absolute Gasteiger partial charge is 0.250 e. The molecule has 2 aromatic rings. The molecule has 1 aromatic heterocycles. The number of aromatic amines is 1. The number of nitrogens with zero attached hydrogens (tertiary/aromatic N) is 2. The highest BCUT2D eigenvalue weighted by Gasteiger charge is 2.57. The summed E-state index contributed by atoms with van der Waals surface area (Å²) in [6, 6.07) is 6.36. The number of nitrogens with two attached hydrogens (primary N) is 1. The first-order chi connectivity index (χ1) is 10.7. The fourth-order valence-electron chi connectivity index (χ4n) is 4.68. The minimum atomic E-state index is -0.407. The number of hydrogen-bond donors (Lipinski definition) is 2. The Hall–Kier alpha value is -1.88. The van der Waals surface area contributed by atoms with Crippen molar-refractivity contribution >= 4 is 16.9 Å². The number of H-pyrrole nitrogens is 1. The molecule has 2 saturated carbocycles. The lowest BCUT2D eigenvalue weighted by atomic mass is 9.95. The van der Waals surface area contributed by atoms with Crippen LogP contribution >= 0.6 is 0 Å². The molecule has 2 heterocycles. The molecule has 0 spiro atoms. The van der Waals surface area contributed by atoms with Crippen molar-refractivity contribution < 1.29 is 4.79 Å². The molecule has 22 heavy (non-hydrogen) atoms. The fourth-order valence-corrected chi connectivity index (χ4v) is 4.68. The molecule has 2 aliphatic carbocycles. The van der Waals surface area contributed by atoms with E-state index in [-0.39, 0.29) is 5.54 Å². The Balaban J connectivity index is 1.67. The predicted octanol–water partition coefficient (Wildman–Crippen LogP) is 2.14. The first kappa shape index (κ1) is 12.6. The van der Waals surface area contributed by atoms with Crippen molar-refractivity contribution in [2.45, 2.75) is 43.7 Å². The Kier molecular flexibility index (Phi) is 2.36. The summed E-state index contributed by atoms with van der Waals surface area (Å²) in [5.74, 6) is 1.45. The van der Waals surface area contributed by atoms with E-state index in [9.17, 15) is 4.79 Å². The van der Waals surface area contributed by atoms with Crippen LogP contribution in [0.3, 0.4) is 0 Å². The lowest BCUT2D eigenvalue weighted by molar-refractivity contribution is 0.0977. The Morgan fingerprint density at radius 3 is 2.95 bits per heavy atom. The summed E-state index contributed by atoms with van der Waals surface area (Å²) in [7, 11) is 0. The summed E-state index contributed by atoms with van der Waals surface area (Å²) in [6.07, 6.45) is 6.32. The Morgan fingerprint density at radius 1 is 1.36 bits per heavy atom. The molecule has 114 valence electrons. The van der Waals surface area contributed by atoms with Crippen molar-refractivity contribution in [1.82, 2.24) is 14.9 Å². The van der Waals surface area contributed by atoms with Crippen LogP contribution in [0.2, 0.25) is 0 Å². The quantitative estimate of drug-likeness (QED) is 0.911. The number of piperidine rings is 1. The topological polar surface area (TPSA) is 75.0 Å².